The second-order valence-corrected chi connectivity index (χ2v) is 7.05. The Balaban J connectivity index is 2.04. The van der Waals surface area contributed by atoms with Gasteiger partial charge in [-0.2, -0.15) is 4.98 Å². The van der Waals surface area contributed by atoms with Crippen LogP contribution in [0.5, 0.6) is 0 Å². The Kier molecular flexibility index (Phi) is 5.91. The first-order valence-electron chi connectivity index (χ1n) is 9.06. The summed E-state index contributed by atoms with van der Waals surface area (Å²) in [6, 6.07) is 10.0. The quantitative estimate of drug-likeness (QED) is 0.568. The monoisotopic (exact) mass is 381 g/mol. The highest BCUT2D eigenvalue weighted by Gasteiger charge is 2.12. The lowest BCUT2D eigenvalue weighted by Gasteiger charge is -2.17. The Labute approximate surface area is 165 Å². The van der Waals surface area contributed by atoms with Gasteiger partial charge in [0, 0.05) is 40.8 Å². The third-order valence-electron chi connectivity index (χ3n) is 4.53. The van der Waals surface area contributed by atoms with E-state index in [2.05, 4.69) is 39.4 Å². The number of rotatable bonds is 6. The van der Waals surface area contributed by atoms with Crippen molar-refractivity contribution in [2.24, 2.45) is 0 Å². The molecule has 0 aliphatic rings. The molecule has 1 atom stereocenters. The second kappa shape index (κ2) is 8.35. The van der Waals surface area contributed by atoms with Crippen molar-refractivity contribution >= 4 is 29.1 Å². The number of aromatic nitrogens is 3. The molecular weight excluding hydrogens is 358 g/mol. The van der Waals surface area contributed by atoms with Crippen LogP contribution < -0.4 is 10.6 Å². The van der Waals surface area contributed by atoms with Crippen LogP contribution in [0.2, 0.25) is 5.02 Å². The molecule has 0 fully saturated rings. The van der Waals surface area contributed by atoms with Crippen LogP contribution >= 0.6 is 11.6 Å². The molecule has 0 saturated carbocycles. The van der Waals surface area contributed by atoms with Gasteiger partial charge in [0.15, 0.2) is 0 Å². The summed E-state index contributed by atoms with van der Waals surface area (Å²) in [5, 5.41) is 7.51. The van der Waals surface area contributed by atoms with Crippen LogP contribution in [0.25, 0.3) is 11.3 Å². The van der Waals surface area contributed by atoms with E-state index >= 15 is 0 Å². The largest absolute Gasteiger partial charge is 0.352 e. The average Bonchev–Trinajstić information content (AvgIpc) is 2.68. The summed E-state index contributed by atoms with van der Waals surface area (Å²) < 4.78 is 0. The van der Waals surface area contributed by atoms with Crippen molar-refractivity contribution in [2.75, 3.05) is 10.6 Å². The van der Waals surface area contributed by atoms with Crippen molar-refractivity contribution in [1.29, 1.82) is 0 Å². The smallest absolute Gasteiger partial charge is 0.225 e. The van der Waals surface area contributed by atoms with Crippen LogP contribution in [-0.4, -0.2) is 21.0 Å². The molecule has 0 radical (unpaired) electrons. The summed E-state index contributed by atoms with van der Waals surface area (Å²) in [7, 11) is 0. The van der Waals surface area contributed by atoms with Crippen molar-refractivity contribution < 1.29 is 0 Å². The van der Waals surface area contributed by atoms with Gasteiger partial charge in [-0.25, -0.2) is 4.98 Å². The van der Waals surface area contributed by atoms with Gasteiger partial charge in [0.1, 0.15) is 5.82 Å². The molecule has 2 heterocycles. The van der Waals surface area contributed by atoms with Crippen LogP contribution in [0.3, 0.4) is 0 Å². The number of pyridine rings is 1. The van der Waals surface area contributed by atoms with Crippen LogP contribution in [0.4, 0.5) is 17.5 Å². The maximum absolute atomic E-state index is 6.30. The average molecular weight is 382 g/mol. The topological polar surface area (TPSA) is 62.7 Å². The highest BCUT2D eigenvalue weighted by Crippen LogP contribution is 2.30. The molecule has 0 saturated heterocycles. The van der Waals surface area contributed by atoms with E-state index in [0.29, 0.717) is 11.8 Å². The van der Waals surface area contributed by atoms with E-state index in [1.54, 1.807) is 12.4 Å². The van der Waals surface area contributed by atoms with Crippen LogP contribution in [0.1, 0.15) is 31.4 Å². The summed E-state index contributed by atoms with van der Waals surface area (Å²) >= 11 is 6.30. The van der Waals surface area contributed by atoms with Crippen molar-refractivity contribution in [3.8, 4) is 11.3 Å². The molecule has 140 valence electrons. The molecule has 0 spiro atoms. The third kappa shape index (κ3) is 4.55. The lowest BCUT2D eigenvalue weighted by Crippen LogP contribution is -2.16. The number of anilines is 3. The lowest BCUT2D eigenvalue weighted by atomic mass is 10.1. The van der Waals surface area contributed by atoms with Crippen LogP contribution in [0, 0.1) is 13.8 Å². The van der Waals surface area contributed by atoms with E-state index < -0.39 is 0 Å². The summed E-state index contributed by atoms with van der Waals surface area (Å²) in [5.41, 5.74) is 4.82. The Hall–Kier alpha value is -2.66. The Bertz CT molecular complexity index is 927. The predicted octanol–water partition coefficient (Wildman–Crippen LogP) is 5.76. The molecule has 0 unspecified atom stereocenters. The fraction of sp³-hybridized carbons (Fsp3) is 0.286. The Morgan fingerprint density at radius 3 is 2.67 bits per heavy atom. The van der Waals surface area contributed by atoms with Gasteiger partial charge in [-0.05, 0) is 56.5 Å². The van der Waals surface area contributed by atoms with E-state index in [-0.39, 0.29) is 6.04 Å². The molecule has 5 nitrogen and oxygen atoms in total. The maximum Gasteiger partial charge on any atom is 0.225 e. The molecule has 2 N–H and O–H groups in total. The first-order valence-corrected chi connectivity index (χ1v) is 9.44. The van der Waals surface area contributed by atoms with Gasteiger partial charge in [-0.15, -0.1) is 0 Å². The Morgan fingerprint density at radius 1 is 1.15 bits per heavy atom. The van der Waals surface area contributed by atoms with Gasteiger partial charge in [0.2, 0.25) is 5.95 Å². The zero-order valence-corrected chi connectivity index (χ0v) is 16.8. The van der Waals surface area contributed by atoms with E-state index in [9.17, 15) is 0 Å². The minimum atomic E-state index is 0.275. The van der Waals surface area contributed by atoms with E-state index in [0.717, 1.165) is 39.5 Å². The minimum Gasteiger partial charge on any atom is -0.352 e. The van der Waals surface area contributed by atoms with Gasteiger partial charge in [-0.3, -0.25) is 4.98 Å². The van der Waals surface area contributed by atoms with Crippen molar-refractivity contribution in [3.05, 3.63) is 58.9 Å². The lowest BCUT2D eigenvalue weighted by molar-refractivity contribution is 0.753. The number of nitrogens with one attached hydrogen (secondary N) is 2. The molecule has 1 aromatic carbocycles. The van der Waals surface area contributed by atoms with Gasteiger partial charge in [0.25, 0.3) is 0 Å². The number of benzene rings is 1. The minimum absolute atomic E-state index is 0.275. The molecule has 6 heteroatoms. The number of nitrogens with zero attached hydrogens (tertiary/aromatic N) is 3. The normalized spacial score (nSPS) is 11.9. The molecule has 3 rings (SSSR count). The molecular formula is C21H24ClN5. The zero-order chi connectivity index (χ0) is 19.4. The number of halogens is 1. The van der Waals surface area contributed by atoms with Gasteiger partial charge in [0.05, 0.1) is 5.69 Å². The first kappa shape index (κ1) is 19.1. The standard InChI is InChI=1S/C21H24ClN5/c1-5-14(3)24-21-25-18(16-7-6-10-23-12-16)11-19(27-21)26-20-13(2)8-9-17(22)15(20)4/h6-12,14H,5H2,1-4H3,(H2,24,25,26,27)/t14-/m1/s1. The van der Waals surface area contributed by atoms with E-state index in [1.165, 1.54) is 0 Å². The molecule has 0 aliphatic carbocycles. The SMILES string of the molecule is CC[C@@H](C)Nc1nc(Nc2c(C)ccc(Cl)c2C)cc(-c2cccnc2)n1. The second-order valence-electron chi connectivity index (χ2n) is 6.65. The summed E-state index contributed by atoms with van der Waals surface area (Å²) in [5.74, 6) is 1.30. The van der Waals surface area contributed by atoms with Crippen LogP contribution in [0.15, 0.2) is 42.7 Å². The number of hydrogen-bond donors (Lipinski definition) is 2. The van der Waals surface area contributed by atoms with E-state index in [4.69, 9.17) is 11.6 Å². The first-order chi connectivity index (χ1) is 13.0. The molecule has 3 aromatic rings. The fourth-order valence-electron chi connectivity index (χ4n) is 2.70. The molecule has 27 heavy (non-hydrogen) atoms. The summed E-state index contributed by atoms with van der Waals surface area (Å²) in [4.78, 5) is 13.5. The fourth-order valence-corrected chi connectivity index (χ4v) is 2.86. The van der Waals surface area contributed by atoms with Gasteiger partial charge < -0.3 is 10.6 Å². The molecule has 0 bridgehead atoms. The highest BCUT2D eigenvalue weighted by atomic mass is 35.5. The molecule has 0 amide bonds. The molecule has 0 aliphatic heterocycles. The highest BCUT2D eigenvalue weighted by molar-refractivity contribution is 6.31. The number of aryl methyl sites for hydroxylation is 1. The van der Waals surface area contributed by atoms with Crippen LogP contribution in [-0.2, 0) is 0 Å². The van der Waals surface area contributed by atoms with Crippen molar-refractivity contribution in [1.82, 2.24) is 15.0 Å². The van der Waals surface area contributed by atoms with Crippen molar-refractivity contribution in [2.45, 2.75) is 40.2 Å². The zero-order valence-electron chi connectivity index (χ0n) is 16.0. The van der Waals surface area contributed by atoms with Gasteiger partial charge in [-0.1, -0.05) is 24.6 Å². The third-order valence-corrected chi connectivity index (χ3v) is 4.94. The summed E-state index contributed by atoms with van der Waals surface area (Å²) in [6.45, 7) is 8.28. The maximum atomic E-state index is 6.30. The van der Waals surface area contributed by atoms with Crippen molar-refractivity contribution in [3.63, 3.8) is 0 Å². The van der Waals surface area contributed by atoms with Gasteiger partial charge >= 0.3 is 0 Å². The summed E-state index contributed by atoms with van der Waals surface area (Å²) in [6.07, 6.45) is 4.53. The predicted molar refractivity (Wildman–Crippen MR) is 113 cm³/mol. The number of hydrogen-bond acceptors (Lipinski definition) is 5. The molecule has 2 aromatic heterocycles. The van der Waals surface area contributed by atoms with E-state index in [1.807, 2.05) is 44.2 Å². The Morgan fingerprint density at radius 2 is 1.96 bits per heavy atom.